The number of nitrogens with zero attached hydrogens (tertiary/aromatic N) is 1. The summed E-state index contributed by atoms with van der Waals surface area (Å²) < 4.78 is 16.0. The maximum absolute atomic E-state index is 12.8. The molecule has 0 radical (unpaired) electrons. The predicted octanol–water partition coefficient (Wildman–Crippen LogP) is 3.61. The van der Waals surface area contributed by atoms with Crippen LogP contribution in [-0.4, -0.2) is 62.4 Å². The molecule has 31 heavy (non-hydrogen) atoms. The SMILES string of the molecule is CCOC(=O)C1(C[C@@H]2CCCCO2)CCN(C(=O)Nc2ccc(C(=O)OC)cc2)CC1. The van der Waals surface area contributed by atoms with E-state index >= 15 is 0 Å². The zero-order valence-electron chi connectivity index (χ0n) is 18.4. The predicted molar refractivity (Wildman–Crippen MR) is 115 cm³/mol. The molecule has 2 aliphatic heterocycles. The molecule has 2 heterocycles. The average Bonchev–Trinajstić information content (AvgIpc) is 2.80. The summed E-state index contributed by atoms with van der Waals surface area (Å²) in [5, 5.41) is 2.85. The van der Waals surface area contributed by atoms with E-state index in [-0.39, 0.29) is 18.1 Å². The highest BCUT2D eigenvalue weighted by atomic mass is 16.5. The summed E-state index contributed by atoms with van der Waals surface area (Å²) in [5.41, 5.74) is 0.412. The Balaban J connectivity index is 1.60. The number of amides is 2. The van der Waals surface area contributed by atoms with Gasteiger partial charge in [-0.1, -0.05) is 0 Å². The fourth-order valence-corrected chi connectivity index (χ4v) is 4.33. The van der Waals surface area contributed by atoms with E-state index in [4.69, 9.17) is 9.47 Å². The summed E-state index contributed by atoms with van der Waals surface area (Å²) in [6, 6.07) is 6.31. The smallest absolute Gasteiger partial charge is 0.337 e. The first kappa shape index (κ1) is 23.1. The third kappa shape index (κ3) is 5.76. The Hall–Kier alpha value is -2.61. The van der Waals surface area contributed by atoms with E-state index in [1.54, 1.807) is 29.2 Å². The Morgan fingerprint density at radius 1 is 1.16 bits per heavy atom. The standard InChI is InChI=1S/C23H32N2O6/c1-3-30-21(27)23(16-19-6-4-5-15-31-19)11-13-25(14-12-23)22(28)24-18-9-7-17(8-10-18)20(26)29-2/h7-10,19H,3-6,11-16H2,1-2H3,(H,24,28)/t19-/m0/s1. The number of ether oxygens (including phenoxy) is 3. The molecular weight excluding hydrogens is 400 g/mol. The van der Waals surface area contributed by atoms with Crippen LogP contribution in [0, 0.1) is 5.41 Å². The van der Waals surface area contributed by atoms with Crippen LogP contribution < -0.4 is 5.32 Å². The maximum Gasteiger partial charge on any atom is 0.337 e. The van der Waals surface area contributed by atoms with Crippen molar-refractivity contribution in [3.63, 3.8) is 0 Å². The van der Waals surface area contributed by atoms with Crippen molar-refractivity contribution in [3.8, 4) is 0 Å². The summed E-state index contributed by atoms with van der Waals surface area (Å²) in [4.78, 5) is 38.8. The summed E-state index contributed by atoms with van der Waals surface area (Å²) in [5.74, 6) is -0.603. The van der Waals surface area contributed by atoms with Crippen molar-refractivity contribution in [1.82, 2.24) is 4.90 Å². The third-order valence-electron chi connectivity index (χ3n) is 6.17. The quantitative estimate of drug-likeness (QED) is 0.690. The summed E-state index contributed by atoms with van der Waals surface area (Å²) in [7, 11) is 1.32. The van der Waals surface area contributed by atoms with Crippen molar-refractivity contribution in [2.24, 2.45) is 5.41 Å². The molecule has 2 fully saturated rings. The monoisotopic (exact) mass is 432 g/mol. The number of esters is 2. The van der Waals surface area contributed by atoms with Gasteiger partial charge >= 0.3 is 18.0 Å². The molecule has 0 aromatic heterocycles. The lowest BCUT2D eigenvalue weighted by atomic mass is 9.73. The van der Waals surface area contributed by atoms with Crippen molar-refractivity contribution in [2.45, 2.75) is 51.6 Å². The van der Waals surface area contributed by atoms with E-state index < -0.39 is 11.4 Å². The van der Waals surface area contributed by atoms with Gasteiger partial charge in [0.05, 0.1) is 30.8 Å². The lowest BCUT2D eigenvalue weighted by Crippen LogP contribution is -2.49. The summed E-state index contributed by atoms with van der Waals surface area (Å²) in [6.07, 6.45) is 4.99. The highest BCUT2D eigenvalue weighted by molar-refractivity contribution is 5.92. The highest BCUT2D eigenvalue weighted by Gasteiger charge is 2.45. The minimum absolute atomic E-state index is 0.0758. The number of nitrogens with one attached hydrogen (secondary N) is 1. The summed E-state index contributed by atoms with van der Waals surface area (Å²) in [6.45, 7) is 3.84. The van der Waals surface area contributed by atoms with Crippen molar-refractivity contribution in [3.05, 3.63) is 29.8 Å². The van der Waals surface area contributed by atoms with Gasteiger partial charge in [-0.05, 0) is 69.7 Å². The molecule has 0 aliphatic carbocycles. The van der Waals surface area contributed by atoms with Crippen LogP contribution in [-0.2, 0) is 19.0 Å². The molecule has 1 atom stereocenters. The van der Waals surface area contributed by atoms with Crippen LogP contribution in [0.4, 0.5) is 10.5 Å². The van der Waals surface area contributed by atoms with Crippen molar-refractivity contribution >= 4 is 23.7 Å². The fraction of sp³-hybridized carbons (Fsp3) is 0.609. The molecule has 2 amide bonds. The third-order valence-corrected chi connectivity index (χ3v) is 6.17. The van der Waals surface area contributed by atoms with Crippen molar-refractivity contribution in [1.29, 1.82) is 0 Å². The van der Waals surface area contributed by atoms with Gasteiger partial charge in [0, 0.05) is 25.4 Å². The minimum atomic E-state index is -0.600. The number of carbonyl (C=O) groups is 3. The molecule has 0 spiro atoms. The first-order valence-corrected chi connectivity index (χ1v) is 11.0. The van der Waals surface area contributed by atoms with Crippen LogP contribution in [0.5, 0.6) is 0 Å². The Morgan fingerprint density at radius 2 is 1.87 bits per heavy atom. The molecular formula is C23H32N2O6. The van der Waals surface area contributed by atoms with Crippen molar-refractivity contribution < 1.29 is 28.6 Å². The number of carbonyl (C=O) groups excluding carboxylic acids is 3. The van der Waals surface area contributed by atoms with Gasteiger partial charge in [-0.25, -0.2) is 9.59 Å². The molecule has 8 nitrogen and oxygen atoms in total. The van der Waals surface area contributed by atoms with E-state index in [1.165, 1.54) is 7.11 Å². The van der Waals surface area contributed by atoms with Crippen LogP contribution in [0.15, 0.2) is 24.3 Å². The Labute approximate surface area is 183 Å². The highest BCUT2D eigenvalue weighted by Crippen LogP contribution is 2.40. The first-order chi connectivity index (χ1) is 15.0. The van der Waals surface area contributed by atoms with E-state index in [0.717, 1.165) is 25.9 Å². The normalized spacial score (nSPS) is 20.6. The molecule has 2 saturated heterocycles. The Kier molecular flexibility index (Phi) is 7.90. The second-order valence-electron chi connectivity index (χ2n) is 8.18. The lowest BCUT2D eigenvalue weighted by Gasteiger charge is -2.42. The lowest BCUT2D eigenvalue weighted by molar-refractivity contribution is -0.162. The molecule has 0 unspecified atom stereocenters. The van der Waals surface area contributed by atoms with Gasteiger partial charge in [0.1, 0.15) is 0 Å². The van der Waals surface area contributed by atoms with Crippen LogP contribution in [0.3, 0.4) is 0 Å². The van der Waals surface area contributed by atoms with Gasteiger partial charge in [0.25, 0.3) is 0 Å². The molecule has 2 aliphatic rings. The zero-order valence-corrected chi connectivity index (χ0v) is 18.4. The van der Waals surface area contributed by atoms with Gasteiger partial charge in [0.2, 0.25) is 0 Å². The van der Waals surface area contributed by atoms with Crippen LogP contribution in [0.25, 0.3) is 0 Å². The van der Waals surface area contributed by atoms with Gasteiger partial charge in [-0.2, -0.15) is 0 Å². The largest absolute Gasteiger partial charge is 0.466 e. The molecule has 0 bridgehead atoms. The van der Waals surface area contributed by atoms with Gasteiger partial charge < -0.3 is 24.4 Å². The number of likely N-dealkylation sites (tertiary alicyclic amines) is 1. The second-order valence-corrected chi connectivity index (χ2v) is 8.18. The molecule has 1 aromatic rings. The maximum atomic E-state index is 12.8. The van der Waals surface area contributed by atoms with E-state index in [1.807, 2.05) is 6.92 Å². The Morgan fingerprint density at radius 3 is 2.45 bits per heavy atom. The van der Waals surface area contributed by atoms with Gasteiger partial charge in [-0.3, -0.25) is 4.79 Å². The van der Waals surface area contributed by atoms with E-state index in [2.05, 4.69) is 10.1 Å². The van der Waals surface area contributed by atoms with Crippen LogP contribution in [0.1, 0.15) is 55.8 Å². The van der Waals surface area contributed by atoms with E-state index in [9.17, 15) is 14.4 Å². The van der Waals surface area contributed by atoms with Gasteiger partial charge in [0.15, 0.2) is 0 Å². The van der Waals surface area contributed by atoms with E-state index in [0.29, 0.717) is 50.2 Å². The number of anilines is 1. The molecule has 0 saturated carbocycles. The molecule has 8 heteroatoms. The van der Waals surface area contributed by atoms with Gasteiger partial charge in [-0.15, -0.1) is 0 Å². The number of hydrogen-bond acceptors (Lipinski definition) is 6. The molecule has 1 N–H and O–H groups in total. The summed E-state index contributed by atoms with van der Waals surface area (Å²) >= 11 is 0. The number of methoxy groups -OCH3 is 1. The number of urea groups is 1. The molecule has 170 valence electrons. The fourth-order valence-electron chi connectivity index (χ4n) is 4.33. The second kappa shape index (κ2) is 10.6. The molecule has 3 rings (SSSR count). The topological polar surface area (TPSA) is 94.2 Å². The number of piperidine rings is 1. The Bertz CT molecular complexity index is 765. The number of rotatable bonds is 6. The first-order valence-electron chi connectivity index (χ1n) is 11.0. The number of hydrogen-bond donors (Lipinski definition) is 1. The average molecular weight is 433 g/mol. The van der Waals surface area contributed by atoms with Crippen LogP contribution in [0.2, 0.25) is 0 Å². The minimum Gasteiger partial charge on any atom is -0.466 e. The zero-order chi connectivity index (χ0) is 22.3. The van der Waals surface area contributed by atoms with Crippen LogP contribution >= 0.6 is 0 Å². The van der Waals surface area contributed by atoms with Crippen molar-refractivity contribution in [2.75, 3.05) is 38.7 Å². The number of benzene rings is 1. The molecule has 1 aromatic carbocycles.